The third-order valence-corrected chi connectivity index (χ3v) is 5.89. The molecule has 2 atom stereocenters. The summed E-state index contributed by atoms with van der Waals surface area (Å²) in [6, 6.07) is 11.4. The van der Waals surface area contributed by atoms with Crippen molar-refractivity contribution in [2.24, 2.45) is 0 Å². The molecule has 2 aromatic rings. The summed E-state index contributed by atoms with van der Waals surface area (Å²) in [5.74, 6) is -1.52. The van der Waals surface area contributed by atoms with Gasteiger partial charge in [0.25, 0.3) is 5.91 Å². The number of carbonyl (C=O) groups excluding carboxylic acids is 1. The Morgan fingerprint density at radius 1 is 1.11 bits per heavy atom. The van der Waals surface area contributed by atoms with Gasteiger partial charge in [-0.25, -0.2) is 8.78 Å². The van der Waals surface area contributed by atoms with E-state index in [1.807, 2.05) is 6.07 Å². The maximum absolute atomic E-state index is 14.6. The quantitative estimate of drug-likeness (QED) is 0.853. The first-order chi connectivity index (χ1) is 13.5. The number of nitrogens with zero attached hydrogens (tertiary/aromatic N) is 2. The predicted octanol–water partition coefficient (Wildman–Crippen LogP) is 4.28. The smallest absolute Gasteiger partial charge is 0.255 e. The molecule has 4 rings (SSSR count). The highest BCUT2D eigenvalue weighted by molar-refractivity contribution is 6.04. The molecule has 1 N–H and O–H groups in total. The van der Waals surface area contributed by atoms with Crippen molar-refractivity contribution in [2.45, 2.75) is 38.3 Å². The van der Waals surface area contributed by atoms with Crippen molar-refractivity contribution in [1.82, 2.24) is 4.90 Å². The lowest BCUT2D eigenvalue weighted by Crippen LogP contribution is -2.39. The number of amides is 1. The number of anilines is 2. The highest BCUT2D eigenvalue weighted by atomic mass is 19.1. The topological polar surface area (TPSA) is 35.6 Å². The number of halogens is 2. The molecular weight excluding hydrogens is 360 g/mol. The summed E-state index contributed by atoms with van der Waals surface area (Å²) >= 11 is 0. The van der Waals surface area contributed by atoms with E-state index in [0.717, 1.165) is 37.8 Å². The van der Waals surface area contributed by atoms with Crippen molar-refractivity contribution in [2.75, 3.05) is 29.9 Å². The average Bonchev–Trinajstić information content (AvgIpc) is 3.32. The molecule has 4 nitrogen and oxygen atoms in total. The molecule has 0 radical (unpaired) electrons. The fourth-order valence-electron chi connectivity index (χ4n) is 4.37. The van der Waals surface area contributed by atoms with Crippen LogP contribution in [0, 0.1) is 11.6 Å². The van der Waals surface area contributed by atoms with Crippen molar-refractivity contribution in [3.05, 3.63) is 59.7 Å². The molecule has 148 valence electrons. The van der Waals surface area contributed by atoms with E-state index in [1.54, 1.807) is 6.07 Å². The van der Waals surface area contributed by atoms with Gasteiger partial charge in [-0.1, -0.05) is 6.07 Å². The van der Waals surface area contributed by atoms with E-state index in [9.17, 15) is 13.6 Å². The van der Waals surface area contributed by atoms with Gasteiger partial charge in [0.15, 0.2) is 0 Å². The fraction of sp³-hybridized carbons (Fsp3) is 0.409. The van der Waals surface area contributed by atoms with E-state index < -0.39 is 17.5 Å². The van der Waals surface area contributed by atoms with Gasteiger partial charge in [-0.3, -0.25) is 9.69 Å². The second-order valence-corrected chi connectivity index (χ2v) is 7.75. The first kappa shape index (κ1) is 18.9. The van der Waals surface area contributed by atoms with Crippen LogP contribution in [-0.2, 0) is 0 Å². The second-order valence-electron chi connectivity index (χ2n) is 7.75. The Morgan fingerprint density at radius 3 is 2.68 bits per heavy atom. The monoisotopic (exact) mass is 385 g/mol. The zero-order valence-electron chi connectivity index (χ0n) is 16.0. The van der Waals surface area contributed by atoms with Crippen LogP contribution in [0.2, 0.25) is 0 Å². The van der Waals surface area contributed by atoms with E-state index >= 15 is 0 Å². The molecule has 2 fully saturated rings. The normalized spacial score (nSPS) is 22.6. The average molecular weight is 385 g/mol. The molecule has 2 saturated heterocycles. The summed E-state index contributed by atoms with van der Waals surface area (Å²) in [5, 5.41) is 2.52. The largest absolute Gasteiger partial charge is 0.370 e. The van der Waals surface area contributed by atoms with Crippen LogP contribution >= 0.6 is 0 Å². The van der Waals surface area contributed by atoms with Crippen LogP contribution in [0.5, 0.6) is 0 Å². The molecule has 2 heterocycles. The highest BCUT2D eigenvalue weighted by Gasteiger charge is 2.33. The van der Waals surface area contributed by atoms with E-state index in [-0.39, 0.29) is 11.3 Å². The van der Waals surface area contributed by atoms with Gasteiger partial charge in [0.1, 0.15) is 11.6 Å². The predicted molar refractivity (Wildman–Crippen MR) is 107 cm³/mol. The van der Waals surface area contributed by atoms with Crippen molar-refractivity contribution < 1.29 is 13.6 Å². The number of likely N-dealkylation sites (tertiary alicyclic amines) is 1. The third-order valence-electron chi connectivity index (χ3n) is 5.89. The van der Waals surface area contributed by atoms with Gasteiger partial charge in [0, 0.05) is 36.4 Å². The molecule has 28 heavy (non-hydrogen) atoms. The third kappa shape index (κ3) is 3.87. The first-order valence-corrected chi connectivity index (χ1v) is 9.88. The van der Waals surface area contributed by atoms with Crippen LogP contribution in [0.1, 0.15) is 36.5 Å². The molecular formula is C22H25F2N3O. The zero-order valence-corrected chi connectivity index (χ0v) is 16.0. The van der Waals surface area contributed by atoms with Crippen LogP contribution in [0.15, 0.2) is 42.5 Å². The Bertz CT molecular complexity index is 873. The summed E-state index contributed by atoms with van der Waals surface area (Å²) < 4.78 is 27.9. The minimum absolute atomic E-state index is 0.0990. The van der Waals surface area contributed by atoms with E-state index in [0.29, 0.717) is 12.1 Å². The molecule has 0 saturated carbocycles. The van der Waals surface area contributed by atoms with Crippen LogP contribution in [0.25, 0.3) is 0 Å². The van der Waals surface area contributed by atoms with E-state index in [4.69, 9.17) is 0 Å². The van der Waals surface area contributed by atoms with Gasteiger partial charge >= 0.3 is 0 Å². The van der Waals surface area contributed by atoms with Crippen molar-refractivity contribution in [3.8, 4) is 0 Å². The highest BCUT2D eigenvalue weighted by Crippen LogP contribution is 2.30. The molecule has 0 aromatic heterocycles. The molecule has 2 aromatic carbocycles. The summed E-state index contributed by atoms with van der Waals surface area (Å²) in [5.41, 5.74) is 1.09. The lowest BCUT2D eigenvalue weighted by molar-refractivity contribution is 0.102. The Kier molecular flexibility index (Phi) is 5.31. The van der Waals surface area contributed by atoms with Crippen molar-refractivity contribution in [3.63, 3.8) is 0 Å². The molecule has 0 aliphatic carbocycles. The fourth-order valence-corrected chi connectivity index (χ4v) is 4.37. The Balaban J connectivity index is 1.42. The van der Waals surface area contributed by atoms with E-state index in [1.165, 1.54) is 37.1 Å². The van der Waals surface area contributed by atoms with Crippen LogP contribution in [0.4, 0.5) is 20.2 Å². The van der Waals surface area contributed by atoms with Gasteiger partial charge in [-0.2, -0.15) is 0 Å². The first-order valence-electron chi connectivity index (χ1n) is 9.88. The standard InChI is InChI=1S/C22H25F2N3O/c1-15-4-3-10-27(15)19-9-11-26(14-19)18-7-8-21(20(24)13-18)25-22(28)16-5-2-6-17(23)12-16/h2,5-8,12-13,15,19H,3-4,9-11,14H2,1H3,(H,25,28). The zero-order chi connectivity index (χ0) is 19.7. The number of carbonyl (C=O) groups is 1. The van der Waals surface area contributed by atoms with Gasteiger partial charge in [0.05, 0.1) is 5.69 Å². The Labute approximate surface area is 164 Å². The Hall–Kier alpha value is -2.47. The molecule has 0 bridgehead atoms. The summed E-state index contributed by atoms with van der Waals surface area (Å²) in [6.45, 7) is 5.24. The number of nitrogens with one attached hydrogen (secondary N) is 1. The van der Waals surface area contributed by atoms with Gasteiger partial charge < -0.3 is 10.2 Å². The number of hydrogen-bond donors (Lipinski definition) is 1. The van der Waals surface area contributed by atoms with Crippen LogP contribution in [-0.4, -0.2) is 42.5 Å². The molecule has 2 unspecified atom stereocenters. The van der Waals surface area contributed by atoms with Crippen LogP contribution < -0.4 is 10.2 Å². The number of hydrogen-bond acceptors (Lipinski definition) is 3. The lowest BCUT2D eigenvalue weighted by atomic mass is 10.2. The number of rotatable bonds is 4. The van der Waals surface area contributed by atoms with Crippen molar-refractivity contribution >= 4 is 17.3 Å². The molecule has 2 aliphatic rings. The summed E-state index contributed by atoms with van der Waals surface area (Å²) in [6.07, 6.45) is 3.60. The molecule has 2 aliphatic heterocycles. The van der Waals surface area contributed by atoms with Crippen molar-refractivity contribution in [1.29, 1.82) is 0 Å². The minimum atomic E-state index is -0.532. The second kappa shape index (κ2) is 7.87. The molecule has 0 spiro atoms. The number of benzene rings is 2. The van der Waals surface area contributed by atoms with E-state index in [2.05, 4.69) is 22.0 Å². The maximum atomic E-state index is 14.6. The summed E-state index contributed by atoms with van der Waals surface area (Å²) in [7, 11) is 0. The van der Waals surface area contributed by atoms with Gasteiger partial charge in [0.2, 0.25) is 0 Å². The molecule has 6 heteroatoms. The maximum Gasteiger partial charge on any atom is 0.255 e. The molecule has 1 amide bonds. The van der Waals surface area contributed by atoms with Crippen LogP contribution in [0.3, 0.4) is 0 Å². The lowest BCUT2D eigenvalue weighted by Gasteiger charge is -2.28. The van der Waals surface area contributed by atoms with Gasteiger partial charge in [-0.15, -0.1) is 0 Å². The Morgan fingerprint density at radius 2 is 1.96 bits per heavy atom. The SMILES string of the molecule is CC1CCCN1C1CCN(c2ccc(NC(=O)c3cccc(F)c3)c(F)c2)C1. The summed E-state index contributed by atoms with van der Waals surface area (Å²) in [4.78, 5) is 17.0. The minimum Gasteiger partial charge on any atom is -0.370 e. The van der Waals surface area contributed by atoms with Gasteiger partial charge in [-0.05, 0) is 69.1 Å².